The molecule has 0 saturated carbocycles. The Labute approximate surface area is 132 Å². The third-order valence-electron chi connectivity index (χ3n) is 2.87. The summed E-state index contributed by atoms with van der Waals surface area (Å²) in [5, 5.41) is 2.44. The van der Waals surface area contributed by atoms with E-state index in [1.807, 2.05) is 0 Å². The lowest BCUT2D eigenvalue weighted by Crippen LogP contribution is -2.44. The topological polar surface area (TPSA) is 193 Å². The quantitative estimate of drug-likeness (QED) is 0.216. The summed E-state index contributed by atoms with van der Waals surface area (Å²) in [4.78, 5) is 38.2. The molecule has 10 nitrogen and oxygen atoms in total. The maximum Gasteiger partial charge on any atom is 0.315 e. The number of rotatable bonds is 8. The van der Waals surface area contributed by atoms with E-state index in [4.69, 9.17) is 27.4 Å². The molecule has 3 amide bonds. The molecule has 0 spiro atoms. The number of primary amides is 1. The average molecular weight is 324 g/mol. The molecule has 1 rings (SSSR count). The summed E-state index contributed by atoms with van der Waals surface area (Å²) in [5.41, 5.74) is 20.8. The molecule has 0 bridgehead atoms. The molecule has 23 heavy (non-hydrogen) atoms. The molecule has 9 N–H and O–H groups in total. The van der Waals surface area contributed by atoms with Crippen molar-refractivity contribution in [2.24, 2.45) is 27.9 Å². The maximum atomic E-state index is 12.0. The molecular weight excluding hydrogens is 304 g/mol. The predicted molar refractivity (Wildman–Crippen MR) is 82.2 cm³/mol. The number of nitrogens with two attached hydrogens (primary N) is 4. The van der Waals surface area contributed by atoms with Crippen molar-refractivity contribution < 1.29 is 18.8 Å². The predicted octanol–water partition coefficient (Wildman–Crippen LogP) is -1.59. The molecule has 10 heteroatoms. The van der Waals surface area contributed by atoms with Crippen LogP contribution in [0.5, 0.6) is 0 Å². The highest BCUT2D eigenvalue weighted by Gasteiger charge is 2.21. The van der Waals surface area contributed by atoms with Gasteiger partial charge in [-0.25, -0.2) is 0 Å². The monoisotopic (exact) mass is 324 g/mol. The number of carbonyl (C=O) groups is 3. The Hall–Kier alpha value is -2.88. The summed E-state index contributed by atoms with van der Waals surface area (Å²) in [6, 6.07) is 1.66. The molecule has 0 aliphatic carbocycles. The van der Waals surface area contributed by atoms with Crippen molar-refractivity contribution in [2.75, 3.05) is 6.54 Å². The van der Waals surface area contributed by atoms with Crippen LogP contribution < -0.4 is 28.3 Å². The van der Waals surface area contributed by atoms with Gasteiger partial charge in [0.25, 0.3) is 5.91 Å². The van der Waals surface area contributed by atoms with Gasteiger partial charge >= 0.3 is 5.91 Å². The first-order valence-electron chi connectivity index (χ1n) is 6.89. The lowest BCUT2D eigenvalue weighted by Gasteiger charge is -2.14. The van der Waals surface area contributed by atoms with E-state index >= 15 is 0 Å². The first-order chi connectivity index (χ1) is 10.8. The minimum Gasteiger partial charge on any atom is -0.446 e. The number of carbonyl (C=O) groups excluding carboxylic acids is 3. The summed E-state index contributed by atoms with van der Waals surface area (Å²) in [6.45, 7) is 0.480. The lowest BCUT2D eigenvalue weighted by atomic mass is 10.1. The smallest absolute Gasteiger partial charge is 0.315 e. The SMILES string of the molecule is NCCCC[C@H](NC(=O)c1ccc(C(=O)N=C(N)N)o1)C(N)=O. The fourth-order valence-corrected chi connectivity index (χ4v) is 1.75. The molecule has 0 saturated heterocycles. The van der Waals surface area contributed by atoms with Crippen LogP contribution in [0.4, 0.5) is 0 Å². The summed E-state index contributed by atoms with van der Waals surface area (Å²) in [5.74, 6) is -2.96. The average Bonchev–Trinajstić information content (AvgIpc) is 2.95. The van der Waals surface area contributed by atoms with Gasteiger partial charge in [-0.05, 0) is 37.9 Å². The minimum absolute atomic E-state index is 0.163. The van der Waals surface area contributed by atoms with Crippen LogP contribution in [0.1, 0.15) is 40.4 Å². The number of nitrogens with one attached hydrogen (secondary N) is 1. The molecule has 126 valence electrons. The molecule has 0 aliphatic rings. The number of guanidine groups is 1. The standard InChI is InChI=1S/C13H20N6O4/c14-6-2-1-3-7(10(15)20)18-11(21)8-4-5-9(23-8)12(22)19-13(16)17/h4-5,7H,1-3,6,14H2,(H2,15,20)(H,18,21)(H4,16,17,19,22)/t7-/m0/s1. The van der Waals surface area contributed by atoms with Crippen molar-refractivity contribution in [3.05, 3.63) is 23.7 Å². The summed E-state index contributed by atoms with van der Waals surface area (Å²) in [6.07, 6.45) is 1.70. The van der Waals surface area contributed by atoms with Gasteiger partial charge in [0.15, 0.2) is 17.5 Å². The number of hydrogen-bond donors (Lipinski definition) is 5. The third kappa shape index (κ3) is 5.79. The van der Waals surface area contributed by atoms with E-state index < -0.39 is 29.7 Å². The molecule has 1 aromatic heterocycles. The first kappa shape index (κ1) is 18.2. The van der Waals surface area contributed by atoms with Crippen LogP contribution in [0.15, 0.2) is 21.5 Å². The Morgan fingerprint density at radius 3 is 2.35 bits per heavy atom. The second kappa shape index (κ2) is 8.54. The van der Waals surface area contributed by atoms with E-state index in [0.717, 1.165) is 0 Å². The summed E-state index contributed by atoms with van der Waals surface area (Å²) >= 11 is 0. The van der Waals surface area contributed by atoms with Gasteiger partial charge in [-0.2, -0.15) is 4.99 Å². The van der Waals surface area contributed by atoms with Crippen LogP contribution in [-0.4, -0.2) is 36.3 Å². The highest BCUT2D eigenvalue weighted by molar-refractivity contribution is 6.01. The summed E-state index contributed by atoms with van der Waals surface area (Å²) < 4.78 is 5.06. The van der Waals surface area contributed by atoms with Crippen molar-refractivity contribution in [1.82, 2.24) is 5.32 Å². The fourth-order valence-electron chi connectivity index (χ4n) is 1.75. The van der Waals surface area contributed by atoms with Gasteiger partial charge in [-0.3, -0.25) is 14.4 Å². The van der Waals surface area contributed by atoms with Gasteiger partial charge in [0.1, 0.15) is 6.04 Å². The normalized spacial score (nSPS) is 11.5. The van der Waals surface area contributed by atoms with E-state index in [9.17, 15) is 14.4 Å². The molecule has 1 atom stereocenters. The highest BCUT2D eigenvalue weighted by Crippen LogP contribution is 2.10. The Morgan fingerprint density at radius 1 is 1.13 bits per heavy atom. The highest BCUT2D eigenvalue weighted by atomic mass is 16.4. The Kier molecular flexibility index (Phi) is 6.74. The van der Waals surface area contributed by atoms with Gasteiger partial charge < -0.3 is 32.7 Å². The van der Waals surface area contributed by atoms with Crippen LogP contribution >= 0.6 is 0 Å². The van der Waals surface area contributed by atoms with Crippen LogP contribution in [0.2, 0.25) is 0 Å². The van der Waals surface area contributed by atoms with E-state index in [0.29, 0.717) is 25.8 Å². The van der Waals surface area contributed by atoms with Gasteiger partial charge in [0.05, 0.1) is 0 Å². The number of furan rings is 1. The fraction of sp³-hybridized carbons (Fsp3) is 0.385. The van der Waals surface area contributed by atoms with E-state index in [-0.39, 0.29) is 11.5 Å². The third-order valence-corrected chi connectivity index (χ3v) is 2.87. The second-order valence-corrected chi connectivity index (χ2v) is 4.72. The Bertz CT molecular complexity index is 605. The molecular formula is C13H20N6O4. The first-order valence-corrected chi connectivity index (χ1v) is 6.89. The van der Waals surface area contributed by atoms with Gasteiger partial charge in [0, 0.05) is 0 Å². The van der Waals surface area contributed by atoms with E-state index in [2.05, 4.69) is 10.3 Å². The molecule has 0 fully saturated rings. The van der Waals surface area contributed by atoms with E-state index in [1.54, 1.807) is 0 Å². The largest absolute Gasteiger partial charge is 0.446 e. The van der Waals surface area contributed by atoms with Crippen molar-refractivity contribution in [2.45, 2.75) is 25.3 Å². The number of unbranched alkanes of at least 4 members (excludes halogenated alkanes) is 1. The number of hydrogen-bond acceptors (Lipinski definition) is 5. The van der Waals surface area contributed by atoms with Crippen molar-refractivity contribution in [3.8, 4) is 0 Å². The zero-order valence-electron chi connectivity index (χ0n) is 12.5. The molecule has 1 aromatic rings. The number of amides is 3. The van der Waals surface area contributed by atoms with Crippen LogP contribution in [-0.2, 0) is 4.79 Å². The van der Waals surface area contributed by atoms with Crippen LogP contribution in [0.3, 0.4) is 0 Å². The number of nitrogens with zero attached hydrogens (tertiary/aromatic N) is 1. The Morgan fingerprint density at radius 2 is 1.78 bits per heavy atom. The number of aliphatic imine (C=N–C) groups is 1. The van der Waals surface area contributed by atoms with Crippen molar-refractivity contribution in [1.29, 1.82) is 0 Å². The zero-order chi connectivity index (χ0) is 17.4. The van der Waals surface area contributed by atoms with Crippen LogP contribution in [0.25, 0.3) is 0 Å². The maximum absolute atomic E-state index is 12.0. The molecule has 1 heterocycles. The molecule has 0 radical (unpaired) electrons. The zero-order valence-corrected chi connectivity index (χ0v) is 12.5. The lowest BCUT2D eigenvalue weighted by molar-refractivity contribution is -0.120. The summed E-state index contributed by atoms with van der Waals surface area (Å²) in [7, 11) is 0. The molecule has 0 aromatic carbocycles. The minimum atomic E-state index is -0.851. The second-order valence-electron chi connectivity index (χ2n) is 4.72. The Balaban J connectivity index is 2.73. The van der Waals surface area contributed by atoms with Crippen LogP contribution in [0, 0.1) is 0 Å². The van der Waals surface area contributed by atoms with Gasteiger partial charge in [0.2, 0.25) is 5.91 Å². The molecule has 0 aliphatic heterocycles. The van der Waals surface area contributed by atoms with Crippen molar-refractivity contribution >= 4 is 23.7 Å². The van der Waals surface area contributed by atoms with Gasteiger partial charge in [-0.15, -0.1) is 0 Å². The van der Waals surface area contributed by atoms with Gasteiger partial charge in [-0.1, -0.05) is 0 Å². The van der Waals surface area contributed by atoms with Crippen molar-refractivity contribution in [3.63, 3.8) is 0 Å². The molecule has 0 unspecified atom stereocenters. The van der Waals surface area contributed by atoms with E-state index in [1.165, 1.54) is 12.1 Å².